The van der Waals surface area contributed by atoms with E-state index in [1.54, 1.807) is 4.57 Å². The van der Waals surface area contributed by atoms with Crippen molar-refractivity contribution in [3.63, 3.8) is 0 Å². The summed E-state index contributed by atoms with van der Waals surface area (Å²) < 4.78 is 3.55. The van der Waals surface area contributed by atoms with Crippen molar-refractivity contribution in [3.05, 3.63) is 112 Å². The van der Waals surface area contributed by atoms with E-state index in [2.05, 4.69) is 40.6 Å². The molecule has 0 bridgehead atoms. The van der Waals surface area contributed by atoms with E-state index in [1.807, 2.05) is 65.1 Å². The van der Waals surface area contributed by atoms with Crippen LogP contribution in [0.1, 0.15) is 28.9 Å². The number of hydrogen-bond acceptors (Lipinski definition) is 4. The van der Waals surface area contributed by atoms with Gasteiger partial charge >= 0.3 is 0 Å². The second-order valence-electron chi connectivity index (χ2n) is 8.73. The second kappa shape index (κ2) is 9.93. The zero-order valence-electron chi connectivity index (χ0n) is 19.6. The van der Waals surface area contributed by atoms with Crippen LogP contribution in [-0.2, 0) is 24.2 Å². The molecule has 176 valence electrons. The van der Waals surface area contributed by atoms with Crippen LogP contribution in [0.5, 0.6) is 0 Å². The van der Waals surface area contributed by atoms with Crippen molar-refractivity contribution in [1.29, 1.82) is 0 Å². The van der Waals surface area contributed by atoms with Crippen molar-refractivity contribution in [2.75, 3.05) is 6.54 Å². The minimum Gasteiger partial charge on any atom is -0.356 e. The van der Waals surface area contributed by atoms with Gasteiger partial charge in [0.25, 0.3) is 5.56 Å². The number of carbonyl (C=O) groups is 1. The van der Waals surface area contributed by atoms with Gasteiger partial charge in [-0.15, -0.1) is 10.2 Å². The van der Waals surface area contributed by atoms with Gasteiger partial charge in [-0.3, -0.25) is 18.6 Å². The van der Waals surface area contributed by atoms with Crippen LogP contribution in [-0.4, -0.2) is 31.6 Å². The number of nitrogens with zero attached hydrogens (tertiary/aromatic N) is 4. The molecule has 0 radical (unpaired) electrons. The third-order valence-corrected chi connectivity index (χ3v) is 6.15. The molecule has 0 saturated carbocycles. The smallest absolute Gasteiger partial charge is 0.263 e. The summed E-state index contributed by atoms with van der Waals surface area (Å²) in [5, 5.41) is 12.3. The number of aromatic nitrogens is 4. The number of carbonyl (C=O) groups excluding carboxylic acids is 1. The molecule has 0 aliphatic carbocycles. The highest BCUT2D eigenvalue weighted by atomic mass is 16.1. The molecule has 2 aromatic heterocycles. The number of benzene rings is 3. The fourth-order valence-corrected chi connectivity index (χ4v) is 4.41. The number of rotatable bonds is 8. The molecule has 2 heterocycles. The largest absolute Gasteiger partial charge is 0.356 e. The Morgan fingerprint density at radius 1 is 0.886 bits per heavy atom. The van der Waals surface area contributed by atoms with Gasteiger partial charge in [-0.2, -0.15) is 0 Å². The molecule has 0 aliphatic heterocycles. The van der Waals surface area contributed by atoms with Gasteiger partial charge in [0.1, 0.15) is 5.82 Å². The molecule has 35 heavy (non-hydrogen) atoms. The SMILES string of the molecule is Cc1cccc(CCNC(=O)CCc2nnc3n(Cc4ccccc4)c(=O)c4ccccc4n23)c1. The number of hydrogen-bond donors (Lipinski definition) is 1. The molecule has 0 fully saturated rings. The van der Waals surface area contributed by atoms with Gasteiger partial charge in [-0.1, -0.05) is 72.3 Å². The normalized spacial score (nSPS) is 11.2. The predicted molar refractivity (Wildman–Crippen MR) is 137 cm³/mol. The van der Waals surface area contributed by atoms with Crippen molar-refractivity contribution < 1.29 is 4.79 Å². The van der Waals surface area contributed by atoms with E-state index >= 15 is 0 Å². The van der Waals surface area contributed by atoms with Gasteiger partial charge in [-0.05, 0) is 36.6 Å². The molecule has 0 atom stereocenters. The van der Waals surface area contributed by atoms with Gasteiger partial charge in [-0.25, -0.2) is 0 Å². The molecular formula is C28H27N5O2. The standard InChI is InChI=1S/C28H27N5O2/c1-20-8-7-11-21(18-20)16-17-29-26(34)15-14-25-30-31-28-32(19-22-9-3-2-4-10-22)27(35)23-12-5-6-13-24(23)33(25)28/h2-13,18H,14-17,19H2,1H3,(H,29,34). The fraction of sp³-hybridized carbons (Fsp3) is 0.214. The number of para-hydroxylation sites is 1. The molecule has 0 saturated heterocycles. The Hall–Kier alpha value is -4.26. The van der Waals surface area contributed by atoms with Gasteiger partial charge in [0.05, 0.1) is 17.4 Å². The molecule has 0 unspecified atom stereocenters. The molecule has 3 aromatic carbocycles. The summed E-state index contributed by atoms with van der Waals surface area (Å²) in [5.74, 6) is 1.11. The first kappa shape index (κ1) is 22.5. The van der Waals surface area contributed by atoms with Crippen molar-refractivity contribution in [3.8, 4) is 0 Å². The zero-order chi connectivity index (χ0) is 24.2. The van der Waals surface area contributed by atoms with Crippen molar-refractivity contribution in [2.24, 2.45) is 0 Å². The average Bonchev–Trinajstić information content (AvgIpc) is 3.30. The van der Waals surface area contributed by atoms with Crippen LogP contribution < -0.4 is 10.9 Å². The van der Waals surface area contributed by atoms with E-state index in [9.17, 15) is 9.59 Å². The van der Waals surface area contributed by atoms with Gasteiger partial charge in [0.15, 0.2) is 0 Å². The molecule has 1 amide bonds. The van der Waals surface area contributed by atoms with Crippen LogP contribution in [0.3, 0.4) is 0 Å². The van der Waals surface area contributed by atoms with Crippen molar-refractivity contribution in [1.82, 2.24) is 24.5 Å². The van der Waals surface area contributed by atoms with E-state index in [0.717, 1.165) is 17.5 Å². The lowest BCUT2D eigenvalue weighted by Crippen LogP contribution is -2.26. The zero-order valence-corrected chi connectivity index (χ0v) is 19.6. The van der Waals surface area contributed by atoms with Crippen LogP contribution in [0.15, 0.2) is 83.7 Å². The highest BCUT2D eigenvalue weighted by molar-refractivity contribution is 5.80. The van der Waals surface area contributed by atoms with Crippen molar-refractivity contribution in [2.45, 2.75) is 32.7 Å². The third kappa shape index (κ3) is 4.84. The highest BCUT2D eigenvalue weighted by Gasteiger charge is 2.17. The number of amides is 1. The molecule has 0 aliphatic rings. The molecule has 5 rings (SSSR count). The van der Waals surface area contributed by atoms with E-state index in [-0.39, 0.29) is 11.5 Å². The van der Waals surface area contributed by atoms with Gasteiger partial charge in [0.2, 0.25) is 11.7 Å². The van der Waals surface area contributed by atoms with E-state index in [0.29, 0.717) is 42.9 Å². The Morgan fingerprint density at radius 3 is 2.49 bits per heavy atom. The minimum absolute atomic E-state index is 0.0312. The summed E-state index contributed by atoms with van der Waals surface area (Å²) in [7, 11) is 0. The van der Waals surface area contributed by atoms with Crippen molar-refractivity contribution >= 4 is 22.6 Å². The number of nitrogens with one attached hydrogen (secondary N) is 1. The Kier molecular flexibility index (Phi) is 6.39. The maximum absolute atomic E-state index is 13.3. The maximum atomic E-state index is 13.3. The van der Waals surface area contributed by atoms with Crippen LogP contribution >= 0.6 is 0 Å². The lowest BCUT2D eigenvalue weighted by molar-refractivity contribution is -0.121. The number of aryl methyl sites for hydroxylation is 2. The summed E-state index contributed by atoms with van der Waals surface area (Å²) in [5.41, 5.74) is 4.06. The molecule has 0 spiro atoms. The lowest BCUT2D eigenvalue weighted by Gasteiger charge is -2.11. The second-order valence-corrected chi connectivity index (χ2v) is 8.73. The first-order valence-electron chi connectivity index (χ1n) is 11.8. The van der Waals surface area contributed by atoms with E-state index < -0.39 is 0 Å². The van der Waals surface area contributed by atoms with Crippen LogP contribution in [0.4, 0.5) is 0 Å². The third-order valence-electron chi connectivity index (χ3n) is 6.15. The van der Waals surface area contributed by atoms with Gasteiger partial charge in [0, 0.05) is 19.4 Å². The average molecular weight is 466 g/mol. The first-order valence-corrected chi connectivity index (χ1v) is 11.8. The summed E-state index contributed by atoms with van der Waals surface area (Å²) in [6.45, 7) is 3.04. The maximum Gasteiger partial charge on any atom is 0.263 e. The van der Waals surface area contributed by atoms with Crippen LogP contribution in [0.2, 0.25) is 0 Å². The van der Waals surface area contributed by atoms with Gasteiger partial charge < -0.3 is 5.32 Å². The summed E-state index contributed by atoms with van der Waals surface area (Å²) in [6, 6.07) is 25.6. The molecule has 7 heteroatoms. The van der Waals surface area contributed by atoms with E-state index in [1.165, 1.54) is 11.1 Å². The molecule has 7 nitrogen and oxygen atoms in total. The molecular weight excluding hydrogens is 438 g/mol. The quantitative estimate of drug-likeness (QED) is 0.379. The van der Waals surface area contributed by atoms with E-state index in [4.69, 9.17) is 0 Å². The minimum atomic E-state index is -0.107. The van der Waals surface area contributed by atoms with Crippen LogP contribution in [0, 0.1) is 6.92 Å². The summed E-state index contributed by atoms with van der Waals surface area (Å²) in [6.07, 6.45) is 1.50. The Bertz CT molecular complexity index is 1550. The lowest BCUT2D eigenvalue weighted by atomic mass is 10.1. The summed E-state index contributed by atoms with van der Waals surface area (Å²) in [4.78, 5) is 25.8. The molecule has 5 aromatic rings. The summed E-state index contributed by atoms with van der Waals surface area (Å²) >= 11 is 0. The molecule has 1 N–H and O–H groups in total. The number of fused-ring (bicyclic) bond motifs is 3. The highest BCUT2D eigenvalue weighted by Crippen LogP contribution is 2.16. The Balaban J connectivity index is 1.37. The topological polar surface area (TPSA) is 81.3 Å². The Labute approximate surface area is 203 Å². The monoisotopic (exact) mass is 465 g/mol. The fourth-order valence-electron chi connectivity index (χ4n) is 4.41. The van der Waals surface area contributed by atoms with Crippen LogP contribution in [0.25, 0.3) is 16.7 Å². The Morgan fingerprint density at radius 2 is 1.66 bits per heavy atom. The predicted octanol–water partition coefficient (Wildman–Crippen LogP) is 3.69. The first-order chi connectivity index (χ1) is 17.1.